The summed E-state index contributed by atoms with van der Waals surface area (Å²) >= 11 is 3.44. The van der Waals surface area contributed by atoms with Crippen LogP contribution in [-0.2, 0) is 11.2 Å². The summed E-state index contributed by atoms with van der Waals surface area (Å²) in [6, 6.07) is 8.26. The Labute approximate surface area is 109 Å². The summed E-state index contributed by atoms with van der Waals surface area (Å²) in [7, 11) is 1.65. The summed E-state index contributed by atoms with van der Waals surface area (Å²) in [6.45, 7) is 1.18. The first kappa shape index (κ1) is 12.4. The van der Waals surface area contributed by atoms with Gasteiger partial charge in [0.25, 0.3) is 0 Å². The zero-order chi connectivity index (χ0) is 12.3. The lowest BCUT2D eigenvalue weighted by Crippen LogP contribution is -2.22. The van der Waals surface area contributed by atoms with Crippen LogP contribution in [0.4, 0.5) is 0 Å². The number of rotatable bonds is 3. The molecule has 0 spiro atoms. The second-order valence-corrected chi connectivity index (χ2v) is 5.24. The highest BCUT2D eigenvalue weighted by atomic mass is 79.9. The summed E-state index contributed by atoms with van der Waals surface area (Å²) in [4.78, 5) is 0. The molecule has 1 heterocycles. The third kappa shape index (κ3) is 2.62. The van der Waals surface area contributed by atoms with E-state index in [-0.39, 0.29) is 0 Å². The number of nitrogens with zero attached hydrogens (tertiary/aromatic N) is 1. The molecule has 0 amide bonds. The molecule has 1 unspecified atom stereocenters. The molecule has 2 rings (SSSR count). The molecular weight excluding hydrogens is 282 g/mol. The van der Waals surface area contributed by atoms with E-state index in [1.54, 1.807) is 7.11 Å². The van der Waals surface area contributed by atoms with E-state index in [0.29, 0.717) is 19.6 Å². The first-order chi connectivity index (χ1) is 8.19. The molecule has 0 bridgehead atoms. The molecule has 0 aromatic heterocycles. The van der Waals surface area contributed by atoms with Crippen LogP contribution in [0.15, 0.2) is 22.7 Å². The third-order valence-corrected chi connectivity index (χ3v) is 3.61. The van der Waals surface area contributed by atoms with Gasteiger partial charge >= 0.3 is 0 Å². The van der Waals surface area contributed by atoms with Crippen molar-refractivity contribution in [1.82, 2.24) is 0 Å². The molecule has 1 aromatic rings. The Balaban J connectivity index is 2.28. The number of hydrogen-bond donors (Lipinski definition) is 0. The van der Waals surface area contributed by atoms with E-state index < -0.39 is 5.41 Å². The van der Waals surface area contributed by atoms with Crippen molar-refractivity contribution >= 4 is 15.9 Å². The van der Waals surface area contributed by atoms with Crippen molar-refractivity contribution in [1.29, 1.82) is 5.26 Å². The second-order valence-electron chi connectivity index (χ2n) is 4.33. The number of hydrogen-bond acceptors (Lipinski definition) is 3. The van der Waals surface area contributed by atoms with E-state index in [9.17, 15) is 5.26 Å². The smallest absolute Gasteiger partial charge is 0.122 e. The van der Waals surface area contributed by atoms with Crippen LogP contribution in [0.1, 0.15) is 12.0 Å². The molecule has 1 aromatic carbocycles. The minimum atomic E-state index is -0.395. The van der Waals surface area contributed by atoms with Gasteiger partial charge in [-0.05, 0) is 36.6 Å². The Morgan fingerprint density at radius 1 is 1.59 bits per heavy atom. The van der Waals surface area contributed by atoms with E-state index in [0.717, 1.165) is 22.2 Å². The van der Waals surface area contributed by atoms with Gasteiger partial charge in [0.05, 0.1) is 25.2 Å². The van der Waals surface area contributed by atoms with Crippen molar-refractivity contribution in [2.75, 3.05) is 20.3 Å². The van der Waals surface area contributed by atoms with Gasteiger partial charge in [0.1, 0.15) is 5.75 Å². The predicted molar refractivity (Wildman–Crippen MR) is 67.9 cm³/mol. The third-order valence-electron chi connectivity index (χ3n) is 3.11. The van der Waals surface area contributed by atoms with Crippen molar-refractivity contribution in [2.45, 2.75) is 12.8 Å². The van der Waals surface area contributed by atoms with Crippen molar-refractivity contribution < 1.29 is 9.47 Å². The van der Waals surface area contributed by atoms with Crippen LogP contribution in [0.5, 0.6) is 5.75 Å². The monoisotopic (exact) mass is 295 g/mol. The fourth-order valence-electron chi connectivity index (χ4n) is 2.12. The van der Waals surface area contributed by atoms with Gasteiger partial charge in [-0.1, -0.05) is 15.9 Å². The molecule has 0 N–H and O–H groups in total. The summed E-state index contributed by atoms with van der Waals surface area (Å²) in [6.07, 6.45) is 1.46. The minimum absolute atomic E-state index is 0.395. The first-order valence-electron chi connectivity index (χ1n) is 5.50. The van der Waals surface area contributed by atoms with Crippen LogP contribution in [0, 0.1) is 16.7 Å². The summed E-state index contributed by atoms with van der Waals surface area (Å²) < 4.78 is 11.7. The average molecular weight is 296 g/mol. The fraction of sp³-hybridized carbons (Fsp3) is 0.462. The van der Waals surface area contributed by atoms with Crippen LogP contribution < -0.4 is 4.74 Å². The molecule has 1 fully saturated rings. The normalized spacial score (nSPS) is 23.4. The van der Waals surface area contributed by atoms with Crippen molar-refractivity contribution in [3.8, 4) is 11.8 Å². The fourth-order valence-corrected chi connectivity index (χ4v) is 2.53. The maximum Gasteiger partial charge on any atom is 0.122 e. The lowest BCUT2D eigenvalue weighted by Gasteiger charge is -2.20. The first-order valence-corrected chi connectivity index (χ1v) is 6.30. The summed E-state index contributed by atoms with van der Waals surface area (Å²) in [5.41, 5.74) is 0.655. The number of halogens is 1. The van der Waals surface area contributed by atoms with E-state index in [4.69, 9.17) is 9.47 Å². The van der Waals surface area contributed by atoms with Crippen molar-refractivity contribution in [3.05, 3.63) is 28.2 Å². The van der Waals surface area contributed by atoms with E-state index in [2.05, 4.69) is 22.0 Å². The molecule has 3 nitrogen and oxygen atoms in total. The number of nitriles is 1. The Kier molecular flexibility index (Phi) is 3.70. The lowest BCUT2D eigenvalue weighted by atomic mass is 9.82. The molecule has 1 aliphatic heterocycles. The van der Waals surface area contributed by atoms with Gasteiger partial charge in [0.15, 0.2) is 0 Å². The number of methoxy groups -OCH3 is 1. The Hall–Kier alpha value is -1.05. The highest BCUT2D eigenvalue weighted by molar-refractivity contribution is 9.10. The molecule has 17 heavy (non-hydrogen) atoms. The van der Waals surface area contributed by atoms with Crippen LogP contribution in [0.2, 0.25) is 0 Å². The maximum atomic E-state index is 9.33. The summed E-state index contributed by atoms with van der Waals surface area (Å²) in [5, 5.41) is 9.33. The minimum Gasteiger partial charge on any atom is -0.496 e. The highest BCUT2D eigenvalue weighted by Crippen LogP contribution is 2.35. The van der Waals surface area contributed by atoms with Gasteiger partial charge in [-0.15, -0.1) is 0 Å². The maximum absolute atomic E-state index is 9.33. The average Bonchev–Trinajstić information content (AvgIpc) is 2.79. The molecule has 4 heteroatoms. The van der Waals surface area contributed by atoms with E-state index in [1.807, 2.05) is 18.2 Å². The van der Waals surface area contributed by atoms with Gasteiger partial charge < -0.3 is 9.47 Å². The molecule has 1 atom stereocenters. The van der Waals surface area contributed by atoms with Crippen LogP contribution in [-0.4, -0.2) is 20.3 Å². The molecule has 0 aliphatic carbocycles. The molecule has 90 valence electrons. The van der Waals surface area contributed by atoms with Crippen LogP contribution >= 0.6 is 15.9 Å². The topological polar surface area (TPSA) is 42.2 Å². The zero-order valence-corrected chi connectivity index (χ0v) is 11.3. The lowest BCUT2D eigenvalue weighted by molar-refractivity contribution is 0.171. The molecule has 1 saturated heterocycles. The van der Waals surface area contributed by atoms with E-state index in [1.165, 1.54) is 0 Å². The van der Waals surface area contributed by atoms with Crippen molar-refractivity contribution in [2.24, 2.45) is 5.41 Å². The largest absolute Gasteiger partial charge is 0.496 e. The SMILES string of the molecule is COc1ccc(Br)cc1CC1(C#N)CCOC1. The van der Waals surface area contributed by atoms with Gasteiger partial charge in [0.2, 0.25) is 0 Å². The Morgan fingerprint density at radius 2 is 2.41 bits per heavy atom. The Morgan fingerprint density at radius 3 is 3.00 bits per heavy atom. The number of ether oxygens (including phenoxy) is 2. The van der Waals surface area contributed by atoms with Crippen molar-refractivity contribution in [3.63, 3.8) is 0 Å². The van der Waals surface area contributed by atoms with E-state index >= 15 is 0 Å². The van der Waals surface area contributed by atoms with Gasteiger partial charge in [0, 0.05) is 11.1 Å². The van der Waals surface area contributed by atoms with Crippen LogP contribution in [0.25, 0.3) is 0 Å². The zero-order valence-electron chi connectivity index (χ0n) is 9.70. The number of benzene rings is 1. The predicted octanol–water partition coefficient (Wildman–Crippen LogP) is 2.93. The standard InChI is InChI=1S/C13H14BrNO2/c1-16-12-3-2-11(14)6-10(12)7-13(8-15)4-5-17-9-13/h2-3,6H,4-5,7,9H2,1H3. The molecule has 1 aliphatic rings. The highest BCUT2D eigenvalue weighted by Gasteiger charge is 2.36. The molecular formula is C13H14BrNO2. The molecule has 0 radical (unpaired) electrons. The second kappa shape index (κ2) is 5.07. The quantitative estimate of drug-likeness (QED) is 0.861. The molecule has 0 saturated carbocycles. The van der Waals surface area contributed by atoms with Gasteiger partial charge in [-0.2, -0.15) is 5.26 Å². The van der Waals surface area contributed by atoms with Gasteiger partial charge in [-0.3, -0.25) is 0 Å². The Bertz CT molecular complexity index is 447. The van der Waals surface area contributed by atoms with Gasteiger partial charge in [-0.25, -0.2) is 0 Å². The van der Waals surface area contributed by atoms with Crippen LogP contribution in [0.3, 0.4) is 0 Å². The summed E-state index contributed by atoms with van der Waals surface area (Å²) in [5.74, 6) is 0.828.